The maximum Gasteiger partial charge on any atom is 0.244 e. The quantitative estimate of drug-likeness (QED) is 0.530. The molecule has 1 aliphatic rings. The van der Waals surface area contributed by atoms with Gasteiger partial charge in [-0.2, -0.15) is 0 Å². The SMILES string of the molecule is COc1cc(OC)cc(C(NC(=O)C=Cc2cc(Cl)c3c(c2)OCCO3)c2nccn2C)c1. The van der Waals surface area contributed by atoms with Crippen LogP contribution in [0.2, 0.25) is 5.02 Å². The molecule has 0 saturated carbocycles. The average molecular weight is 470 g/mol. The molecule has 172 valence electrons. The van der Waals surface area contributed by atoms with Gasteiger partial charge in [-0.15, -0.1) is 0 Å². The molecule has 1 N–H and O–H groups in total. The number of carbonyl (C=O) groups is 1. The summed E-state index contributed by atoms with van der Waals surface area (Å²) in [5, 5.41) is 3.45. The van der Waals surface area contributed by atoms with Gasteiger partial charge in [0.15, 0.2) is 11.5 Å². The normalized spacial score (nSPS) is 13.6. The predicted octanol–water partition coefficient (Wildman–Crippen LogP) is 3.78. The average Bonchev–Trinajstić information content (AvgIpc) is 3.26. The molecule has 0 bridgehead atoms. The Morgan fingerprint density at radius 2 is 1.88 bits per heavy atom. The first-order valence-electron chi connectivity index (χ1n) is 10.3. The van der Waals surface area contributed by atoms with E-state index in [0.29, 0.717) is 47.1 Å². The van der Waals surface area contributed by atoms with Crippen LogP contribution in [0, 0.1) is 0 Å². The van der Waals surface area contributed by atoms with Gasteiger partial charge in [0.05, 0.1) is 19.2 Å². The molecule has 1 aromatic heterocycles. The molecule has 1 amide bonds. The smallest absolute Gasteiger partial charge is 0.244 e. The minimum atomic E-state index is -0.532. The van der Waals surface area contributed by atoms with E-state index < -0.39 is 6.04 Å². The van der Waals surface area contributed by atoms with Crippen molar-refractivity contribution in [3.8, 4) is 23.0 Å². The summed E-state index contributed by atoms with van der Waals surface area (Å²) >= 11 is 6.29. The third-order valence-electron chi connectivity index (χ3n) is 5.16. The Kier molecular flexibility index (Phi) is 6.74. The monoisotopic (exact) mass is 469 g/mol. The van der Waals surface area contributed by atoms with Gasteiger partial charge in [-0.25, -0.2) is 4.98 Å². The van der Waals surface area contributed by atoms with Gasteiger partial charge < -0.3 is 28.8 Å². The van der Waals surface area contributed by atoms with Crippen molar-refractivity contribution < 1.29 is 23.7 Å². The van der Waals surface area contributed by atoms with Gasteiger partial charge in [0.25, 0.3) is 0 Å². The van der Waals surface area contributed by atoms with Crippen molar-refractivity contribution in [3.63, 3.8) is 0 Å². The van der Waals surface area contributed by atoms with Crippen LogP contribution >= 0.6 is 11.6 Å². The number of nitrogens with zero attached hydrogens (tertiary/aromatic N) is 2. The lowest BCUT2D eigenvalue weighted by atomic mass is 10.0. The maximum absolute atomic E-state index is 12.9. The van der Waals surface area contributed by atoms with Crippen LogP contribution in [0.3, 0.4) is 0 Å². The molecule has 0 spiro atoms. The number of hydrogen-bond acceptors (Lipinski definition) is 6. The van der Waals surface area contributed by atoms with Crippen molar-refractivity contribution >= 4 is 23.6 Å². The zero-order valence-corrected chi connectivity index (χ0v) is 19.3. The number of aromatic nitrogens is 2. The van der Waals surface area contributed by atoms with E-state index in [9.17, 15) is 4.79 Å². The van der Waals surface area contributed by atoms with Gasteiger partial charge in [0.1, 0.15) is 36.6 Å². The van der Waals surface area contributed by atoms with Gasteiger partial charge in [-0.3, -0.25) is 4.79 Å². The molecule has 1 unspecified atom stereocenters. The Balaban J connectivity index is 1.60. The van der Waals surface area contributed by atoms with E-state index in [2.05, 4.69) is 10.3 Å². The fraction of sp³-hybridized carbons (Fsp3) is 0.250. The molecule has 1 aliphatic heterocycles. The van der Waals surface area contributed by atoms with Crippen LogP contribution in [0.15, 0.2) is 48.8 Å². The summed E-state index contributed by atoms with van der Waals surface area (Å²) in [5.41, 5.74) is 1.49. The van der Waals surface area contributed by atoms with E-state index >= 15 is 0 Å². The van der Waals surface area contributed by atoms with Crippen molar-refractivity contribution in [1.82, 2.24) is 14.9 Å². The maximum atomic E-state index is 12.9. The fourth-order valence-electron chi connectivity index (χ4n) is 3.54. The highest BCUT2D eigenvalue weighted by Crippen LogP contribution is 2.38. The summed E-state index contributed by atoms with van der Waals surface area (Å²) in [7, 11) is 5.02. The number of amides is 1. The highest BCUT2D eigenvalue weighted by molar-refractivity contribution is 6.32. The predicted molar refractivity (Wildman–Crippen MR) is 124 cm³/mol. The molecule has 0 fully saturated rings. The fourth-order valence-corrected chi connectivity index (χ4v) is 3.81. The molecule has 33 heavy (non-hydrogen) atoms. The largest absolute Gasteiger partial charge is 0.497 e. The number of methoxy groups -OCH3 is 2. The first kappa shape index (κ1) is 22.5. The first-order chi connectivity index (χ1) is 16.0. The number of rotatable bonds is 7. The van der Waals surface area contributed by atoms with Gasteiger partial charge in [0, 0.05) is 31.6 Å². The molecule has 2 heterocycles. The number of fused-ring (bicyclic) bond motifs is 1. The molecule has 0 saturated heterocycles. The van der Waals surface area contributed by atoms with Crippen molar-refractivity contribution in [2.24, 2.45) is 7.05 Å². The molecular formula is C24H24ClN3O5. The number of ether oxygens (including phenoxy) is 4. The molecule has 0 aliphatic carbocycles. The minimum absolute atomic E-state index is 0.309. The van der Waals surface area contributed by atoms with E-state index in [-0.39, 0.29) is 5.91 Å². The molecule has 8 nitrogen and oxygen atoms in total. The van der Waals surface area contributed by atoms with Crippen LogP contribution in [0.1, 0.15) is 23.0 Å². The molecule has 9 heteroatoms. The Morgan fingerprint density at radius 3 is 2.55 bits per heavy atom. The van der Waals surface area contributed by atoms with Crippen molar-refractivity contribution in [1.29, 1.82) is 0 Å². The molecule has 1 atom stereocenters. The van der Waals surface area contributed by atoms with Crippen LogP contribution in [-0.2, 0) is 11.8 Å². The third-order valence-corrected chi connectivity index (χ3v) is 5.44. The second-order valence-corrected chi connectivity index (χ2v) is 7.75. The van der Waals surface area contributed by atoms with Gasteiger partial charge in [-0.05, 0) is 41.5 Å². The number of carbonyl (C=O) groups excluding carboxylic acids is 1. The van der Waals surface area contributed by atoms with Gasteiger partial charge >= 0.3 is 0 Å². The molecule has 4 rings (SSSR count). The Bertz CT molecular complexity index is 1170. The summed E-state index contributed by atoms with van der Waals surface area (Å²) in [6.45, 7) is 0.903. The molecule has 0 radical (unpaired) electrons. The van der Waals surface area contributed by atoms with Crippen LogP contribution in [0.4, 0.5) is 0 Å². The third kappa shape index (κ3) is 5.06. The lowest BCUT2D eigenvalue weighted by Gasteiger charge is -2.20. The zero-order chi connectivity index (χ0) is 23.4. The summed E-state index contributed by atoms with van der Waals surface area (Å²) in [4.78, 5) is 17.3. The van der Waals surface area contributed by atoms with E-state index in [1.54, 1.807) is 44.7 Å². The Labute approximate surface area is 196 Å². The summed E-state index contributed by atoms with van der Waals surface area (Å²) in [6, 6.07) is 8.43. The van der Waals surface area contributed by atoms with E-state index in [1.807, 2.05) is 29.9 Å². The Morgan fingerprint density at radius 1 is 1.15 bits per heavy atom. The summed E-state index contributed by atoms with van der Waals surface area (Å²) in [5.74, 6) is 2.65. The number of hydrogen-bond donors (Lipinski definition) is 1. The van der Waals surface area contributed by atoms with E-state index in [0.717, 1.165) is 11.1 Å². The number of aryl methyl sites for hydroxylation is 1. The van der Waals surface area contributed by atoms with Gasteiger partial charge in [-0.1, -0.05) is 11.6 Å². The highest BCUT2D eigenvalue weighted by atomic mass is 35.5. The molecule has 3 aromatic rings. The topological polar surface area (TPSA) is 83.8 Å². The zero-order valence-electron chi connectivity index (χ0n) is 18.5. The highest BCUT2D eigenvalue weighted by Gasteiger charge is 2.22. The number of benzene rings is 2. The summed E-state index contributed by atoms with van der Waals surface area (Å²) < 4.78 is 23.8. The van der Waals surface area contributed by atoms with Crippen molar-refractivity contribution in [2.45, 2.75) is 6.04 Å². The van der Waals surface area contributed by atoms with Crippen molar-refractivity contribution in [2.75, 3.05) is 27.4 Å². The summed E-state index contributed by atoms with van der Waals surface area (Å²) in [6.07, 6.45) is 6.61. The van der Waals surface area contributed by atoms with Crippen LogP contribution in [-0.4, -0.2) is 42.9 Å². The van der Waals surface area contributed by atoms with E-state index in [1.165, 1.54) is 6.08 Å². The second kappa shape index (κ2) is 9.87. The van der Waals surface area contributed by atoms with Crippen LogP contribution in [0.25, 0.3) is 6.08 Å². The Hall–Kier alpha value is -3.65. The van der Waals surface area contributed by atoms with Crippen LogP contribution < -0.4 is 24.3 Å². The lowest BCUT2D eigenvalue weighted by molar-refractivity contribution is -0.117. The molecular weight excluding hydrogens is 446 g/mol. The first-order valence-corrected chi connectivity index (χ1v) is 10.6. The van der Waals surface area contributed by atoms with Crippen LogP contribution in [0.5, 0.6) is 23.0 Å². The molecule has 2 aromatic carbocycles. The number of nitrogens with one attached hydrogen (secondary N) is 1. The number of imidazole rings is 1. The minimum Gasteiger partial charge on any atom is -0.497 e. The van der Waals surface area contributed by atoms with E-state index in [4.69, 9.17) is 30.5 Å². The van der Waals surface area contributed by atoms with Crippen molar-refractivity contribution in [3.05, 3.63) is 70.8 Å². The second-order valence-electron chi connectivity index (χ2n) is 7.34. The number of halogens is 1. The van der Waals surface area contributed by atoms with Gasteiger partial charge in [0.2, 0.25) is 5.91 Å². The standard InChI is InChI=1S/C24H24ClN3O5/c1-28-7-6-26-24(28)22(16-12-17(30-2)14-18(13-16)31-3)27-21(29)5-4-15-10-19(25)23-20(11-15)32-8-9-33-23/h4-7,10-14,22H,8-9H2,1-3H3,(H,27,29). The lowest BCUT2D eigenvalue weighted by Crippen LogP contribution is -2.29.